The van der Waals surface area contributed by atoms with Gasteiger partial charge < -0.3 is 24.4 Å². The lowest BCUT2D eigenvalue weighted by atomic mass is 10.0. The van der Waals surface area contributed by atoms with Crippen LogP contribution in [0.15, 0.2) is 60.8 Å². The van der Waals surface area contributed by atoms with Gasteiger partial charge in [0.2, 0.25) is 0 Å². The van der Waals surface area contributed by atoms with Crippen LogP contribution in [0.1, 0.15) is 200 Å². The lowest BCUT2D eigenvalue weighted by Gasteiger charge is -2.18. The van der Waals surface area contributed by atoms with Crippen molar-refractivity contribution in [1.29, 1.82) is 0 Å². The molecule has 3 N–H and O–H groups in total. The summed E-state index contributed by atoms with van der Waals surface area (Å²) in [4.78, 5) is 42.9. The molecule has 0 saturated carbocycles. The van der Waals surface area contributed by atoms with E-state index < -0.39 is 38.6 Å². The van der Waals surface area contributed by atoms with E-state index in [-0.39, 0.29) is 19.4 Å². The van der Waals surface area contributed by atoms with Gasteiger partial charge in [-0.2, -0.15) is 0 Å². The summed E-state index contributed by atoms with van der Waals surface area (Å²) in [6.45, 7) is 3.54. The first-order valence-corrected chi connectivity index (χ1v) is 24.2. The highest BCUT2D eigenvalue weighted by molar-refractivity contribution is 7.46. The molecule has 0 aliphatic carbocycles. The third-order valence-corrected chi connectivity index (χ3v) is 10.1. The Balaban J connectivity index is 4.00. The predicted octanol–water partition coefficient (Wildman–Crippen LogP) is 13.0. The van der Waals surface area contributed by atoms with E-state index in [9.17, 15) is 19.3 Å². The number of phosphoric ester groups is 1. The summed E-state index contributed by atoms with van der Waals surface area (Å²) in [6.07, 6.45) is 49.7. The zero-order valence-corrected chi connectivity index (χ0v) is 37.0. The SMILES string of the molecule is CCCCC/C=C\C=C/[C@H](O)C/C=C\C/C=C/CCCC(=O)O[C@H](COC(=O)CCCCCCCCCCCCC/C=C\CCCCCCCC)COP(=O)(O)O. The van der Waals surface area contributed by atoms with E-state index in [1.165, 1.54) is 116 Å². The van der Waals surface area contributed by atoms with Crippen molar-refractivity contribution in [1.82, 2.24) is 0 Å². The third-order valence-electron chi connectivity index (χ3n) is 9.59. The van der Waals surface area contributed by atoms with Gasteiger partial charge in [0, 0.05) is 12.8 Å². The number of ether oxygens (including phenoxy) is 2. The minimum Gasteiger partial charge on any atom is -0.462 e. The van der Waals surface area contributed by atoms with Crippen LogP contribution < -0.4 is 0 Å². The van der Waals surface area contributed by atoms with E-state index in [0.29, 0.717) is 32.1 Å². The molecular formula is C47H83O9P. The lowest BCUT2D eigenvalue weighted by molar-refractivity contribution is -0.161. The molecule has 0 heterocycles. The van der Waals surface area contributed by atoms with Crippen LogP contribution >= 0.6 is 7.82 Å². The molecule has 0 rings (SSSR count). The van der Waals surface area contributed by atoms with Crippen molar-refractivity contribution in [3.8, 4) is 0 Å². The Kier molecular flexibility index (Phi) is 40.2. The van der Waals surface area contributed by atoms with Crippen LogP contribution in [0.2, 0.25) is 0 Å². The lowest BCUT2D eigenvalue weighted by Crippen LogP contribution is -2.29. The minimum absolute atomic E-state index is 0.101. The van der Waals surface area contributed by atoms with Crippen LogP contribution in [0.4, 0.5) is 0 Å². The summed E-state index contributed by atoms with van der Waals surface area (Å²) in [7, 11) is -4.79. The molecule has 0 aromatic heterocycles. The van der Waals surface area contributed by atoms with Crippen LogP contribution in [-0.2, 0) is 28.2 Å². The van der Waals surface area contributed by atoms with E-state index in [1.807, 2.05) is 36.5 Å². The number of rotatable bonds is 41. The summed E-state index contributed by atoms with van der Waals surface area (Å²) in [5.41, 5.74) is 0. The third kappa shape index (κ3) is 44.7. The monoisotopic (exact) mass is 823 g/mol. The predicted molar refractivity (Wildman–Crippen MR) is 236 cm³/mol. The largest absolute Gasteiger partial charge is 0.469 e. The van der Waals surface area contributed by atoms with Crippen molar-refractivity contribution in [2.45, 2.75) is 212 Å². The van der Waals surface area contributed by atoms with E-state index in [4.69, 9.17) is 19.3 Å². The Labute approximate surface area is 348 Å². The van der Waals surface area contributed by atoms with Crippen molar-refractivity contribution in [2.75, 3.05) is 13.2 Å². The Morgan fingerprint density at radius 2 is 1.02 bits per heavy atom. The fourth-order valence-electron chi connectivity index (χ4n) is 6.15. The highest BCUT2D eigenvalue weighted by Gasteiger charge is 2.22. The van der Waals surface area contributed by atoms with Gasteiger partial charge in [0.05, 0.1) is 12.7 Å². The summed E-state index contributed by atoms with van der Waals surface area (Å²) in [6, 6.07) is 0. The molecule has 9 nitrogen and oxygen atoms in total. The summed E-state index contributed by atoms with van der Waals surface area (Å²) in [5.74, 6) is -0.991. The molecule has 0 aromatic rings. The second-order valence-electron chi connectivity index (χ2n) is 15.2. The van der Waals surface area contributed by atoms with Gasteiger partial charge in [-0.15, -0.1) is 0 Å². The summed E-state index contributed by atoms with van der Waals surface area (Å²) < 4.78 is 26.4. The smallest absolute Gasteiger partial charge is 0.462 e. The first-order chi connectivity index (χ1) is 27.7. The molecule has 330 valence electrons. The van der Waals surface area contributed by atoms with Crippen molar-refractivity contribution in [3.05, 3.63) is 60.8 Å². The van der Waals surface area contributed by atoms with Crippen molar-refractivity contribution in [2.24, 2.45) is 0 Å². The fraction of sp³-hybridized carbons (Fsp3) is 0.745. The standard InChI is InChI=1S/C47H83O9P/c1-3-5-7-9-11-12-13-14-15-16-17-18-19-20-21-22-23-24-28-32-36-40-46(49)54-42-45(43-55-57(51,52)53)56-47(50)41-37-33-29-25-27-31-35-39-44(48)38-34-30-26-10-8-6-4-2/h14-15,25-26,29-31,34-35,38,44-45,48H,3-13,16-24,27-28,32-33,36-37,39-43H2,1-2H3,(H2,51,52,53)/b15-14-,29-25+,30-26-,35-31-,38-34-/t44-,45+/m0/s1. The maximum atomic E-state index is 12.4. The number of esters is 2. The van der Waals surface area contributed by atoms with Crippen molar-refractivity contribution in [3.63, 3.8) is 0 Å². The molecular weight excluding hydrogens is 739 g/mol. The van der Waals surface area contributed by atoms with Crippen LogP contribution in [0, 0.1) is 0 Å². The Bertz CT molecular complexity index is 1120. The second-order valence-corrected chi connectivity index (χ2v) is 16.5. The quantitative estimate of drug-likeness (QED) is 0.0181. The fourth-order valence-corrected chi connectivity index (χ4v) is 6.51. The minimum atomic E-state index is -4.79. The zero-order valence-electron chi connectivity index (χ0n) is 36.1. The first kappa shape index (κ1) is 54.7. The number of unbranched alkanes of at least 4 members (excludes halogenated alkanes) is 21. The number of carbonyl (C=O) groups is 2. The van der Waals surface area contributed by atoms with Gasteiger partial charge in [0.15, 0.2) is 6.10 Å². The van der Waals surface area contributed by atoms with Gasteiger partial charge >= 0.3 is 19.8 Å². The molecule has 0 aromatic carbocycles. The Morgan fingerprint density at radius 3 is 1.63 bits per heavy atom. The maximum Gasteiger partial charge on any atom is 0.469 e. The Hall–Kier alpha value is -2.29. The topological polar surface area (TPSA) is 140 Å². The van der Waals surface area contributed by atoms with Gasteiger partial charge in [-0.05, 0) is 70.6 Å². The van der Waals surface area contributed by atoms with Crippen LogP contribution in [0.5, 0.6) is 0 Å². The number of hydrogen-bond donors (Lipinski definition) is 3. The second kappa shape index (κ2) is 41.9. The van der Waals surface area contributed by atoms with Crippen LogP contribution in [0.25, 0.3) is 0 Å². The van der Waals surface area contributed by atoms with E-state index in [2.05, 4.69) is 36.6 Å². The molecule has 0 aliphatic rings. The van der Waals surface area contributed by atoms with Gasteiger partial charge in [-0.3, -0.25) is 14.1 Å². The molecule has 0 bridgehead atoms. The van der Waals surface area contributed by atoms with E-state index >= 15 is 0 Å². The Morgan fingerprint density at radius 1 is 0.544 bits per heavy atom. The van der Waals surface area contributed by atoms with Crippen LogP contribution in [-0.4, -0.2) is 52.3 Å². The molecule has 0 aliphatic heterocycles. The van der Waals surface area contributed by atoms with E-state index in [1.54, 1.807) is 6.08 Å². The molecule has 0 spiro atoms. The van der Waals surface area contributed by atoms with Crippen LogP contribution in [0.3, 0.4) is 0 Å². The molecule has 10 heteroatoms. The summed E-state index contributed by atoms with van der Waals surface area (Å²) in [5, 5.41) is 10.0. The average molecular weight is 823 g/mol. The number of aliphatic hydroxyl groups is 1. The van der Waals surface area contributed by atoms with Gasteiger partial charge in [-0.25, -0.2) is 4.57 Å². The number of aliphatic hydroxyl groups excluding tert-OH is 1. The first-order valence-electron chi connectivity index (χ1n) is 22.7. The average Bonchev–Trinajstić information content (AvgIpc) is 3.18. The van der Waals surface area contributed by atoms with E-state index in [0.717, 1.165) is 25.7 Å². The van der Waals surface area contributed by atoms with Crippen molar-refractivity contribution < 1.29 is 43.0 Å². The molecule has 0 saturated heterocycles. The van der Waals surface area contributed by atoms with Gasteiger partial charge in [-0.1, -0.05) is 177 Å². The molecule has 0 unspecified atom stereocenters. The number of phosphoric acid groups is 1. The van der Waals surface area contributed by atoms with Gasteiger partial charge in [0.25, 0.3) is 0 Å². The molecule has 0 fully saturated rings. The molecule has 2 atom stereocenters. The highest BCUT2D eigenvalue weighted by atomic mass is 31.2. The zero-order chi connectivity index (χ0) is 41.9. The molecule has 0 amide bonds. The number of carbonyl (C=O) groups excluding carboxylic acids is 2. The summed E-state index contributed by atoms with van der Waals surface area (Å²) >= 11 is 0. The molecule has 57 heavy (non-hydrogen) atoms. The number of hydrogen-bond acceptors (Lipinski definition) is 7. The normalized spacial score (nSPS) is 13.6. The maximum absolute atomic E-state index is 12.4. The number of allylic oxidation sites excluding steroid dienone is 8. The highest BCUT2D eigenvalue weighted by Crippen LogP contribution is 2.36. The molecule has 0 radical (unpaired) electrons. The van der Waals surface area contributed by atoms with Crippen molar-refractivity contribution >= 4 is 19.8 Å². The van der Waals surface area contributed by atoms with Gasteiger partial charge in [0.1, 0.15) is 6.61 Å².